The van der Waals surface area contributed by atoms with Crippen LogP contribution in [0.15, 0.2) is 11.6 Å². The molecule has 1 saturated heterocycles. The van der Waals surface area contributed by atoms with Gasteiger partial charge in [0.15, 0.2) is 0 Å². The number of amides is 1. The second-order valence-corrected chi connectivity index (χ2v) is 8.44. The quantitative estimate of drug-likeness (QED) is 0.379. The van der Waals surface area contributed by atoms with Gasteiger partial charge in [0.05, 0.1) is 17.8 Å². The summed E-state index contributed by atoms with van der Waals surface area (Å²) in [6.07, 6.45) is 3.27. The monoisotopic (exact) mass is 353 g/mol. The Morgan fingerprint density at radius 2 is 1.56 bits per heavy atom. The molecule has 0 aromatic carbocycles. The topological polar surface area (TPSA) is 48.0 Å². The SMILES string of the molecule is C/C(=C\CCOC(=O)N(C(C)C)C(C)C)CB1OC(C)(C)C(C)(C)O1. The zero-order valence-corrected chi connectivity index (χ0v) is 17.5. The average Bonchev–Trinajstić information content (AvgIpc) is 2.61. The van der Waals surface area contributed by atoms with Gasteiger partial charge in [-0.1, -0.05) is 11.6 Å². The van der Waals surface area contributed by atoms with Crippen LogP contribution in [0.25, 0.3) is 0 Å². The molecule has 0 bridgehead atoms. The molecule has 0 unspecified atom stereocenters. The highest BCUT2D eigenvalue weighted by molar-refractivity contribution is 6.46. The van der Waals surface area contributed by atoms with Crippen molar-refractivity contribution < 1.29 is 18.8 Å². The fourth-order valence-corrected chi connectivity index (χ4v) is 2.94. The zero-order chi connectivity index (χ0) is 19.4. The molecular formula is C19H36BNO4. The van der Waals surface area contributed by atoms with Crippen molar-refractivity contribution in [1.82, 2.24) is 4.90 Å². The predicted molar refractivity (Wildman–Crippen MR) is 103 cm³/mol. The standard InChI is InChI=1S/C19H36BNO4/c1-14(2)21(15(3)4)17(22)23-12-10-11-16(5)13-20-24-18(6,7)19(8,9)25-20/h11,14-15H,10,12-13H2,1-9H3/b16-11+. The maximum Gasteiger partial charge on any atom is 0.462 e. The molecule has 0 N–H and O–H groups in total. The third-order valence-electron chi connectivity index (χ3n) is 4.95. The van der Waals surface area contributed by atoms with E-state index < -0.39 is 0 Å². The molecule has 1 aliphatic rings. The first-order chi connectivity index (χ1) is 11.4. The van der Waals surface area contributed by atoms with Crippen LogP contribution in [0.4, 0.5) is 4.79 Å². The lowest BCUT2D eigenvalue weighted by molar-refractivity contribution is 0.00578. The molecule has 1 heterocycles. The molecule has 0 atom stereocenters. The van der Waals surface area contributed by atoms with Crippen molar-refractivity contribution in [3.8, 4) is 0 Å². The van der Waals surface area contributed by atoms with Crippen LogP contribution in [-0.2, 0) is 14.0 Å². The molecule has 1 fully saturated rings. The predicted octanol–water partition coefficient (Wildman–Crippen LogP) is 4.67. The average molecular weight is 353 g/mol. The normalized spacial score (nSPS) is 19.6. The molecule has 6 heteroatoms. The fourth-order valence-electron chi connectivity index (χ4n) is 2.94. The van der Waals surface area contributed by atoms with E-state index in [1.165, 1.54) is 5.57 Å². The highest BCUT2D eigenvalue weighted by atomic mass is 16.7. The number of hydrogen-bond donors (Lipinski definition) is 0. The van der Waals surface area contributed by atoms with Gasteiger partial charge < -0.3 is 18.9 Å². The molecule has 1 amide bonds. The maximum atomic E-state index is 12.1. The van der Waals surface area contributed by atoms with Gasteiger partial charge in [0.1, 0.15) is 0 Å². The summed E-state index contributed by atoms with van der Waals surface area (Å²) in [7, 11) is -0.221. The summed E-state index contributed by atoms with van der Waals surface area (Å²) in [6, 6.07) is 0.265. The third-order valence-corrected chi connectivity index (χ3v) is 4.95. The molecule has 5 nitrogen and oxygen atoms in total. The van der Waals surface area contributed by atoms with Gasteiger partial charge in [-0.25, -0.2) is 4.79 Å². The van der Waals surface area contributed by atoms with Gasteiger partial charge in [0.25, 0.3) is 0 Å². The van der Waals surface area contributed by atoms with Crippen LogP contribution in [0.5, 0.6) is 0 Å². The van der Waals surface area contributed by atoms with E-state index in [1.54, 1.807) is 4.90 Å². The van der Waals surface area contributed by atoms with Gasteiger partial charge in [-0.2, -0.15) is 0 Å². The highest BCUT2D eigenvalue weighted by Crippen LogP contribution is 2.38. The van der Waals surface area contributed by atoms with Gasteiger partial charge in [-0.15, -0.1) is 0 Å². The molecule has 0 spiro atoms. The van der Waals surface area contributed by atoms with Crippen molar-refractivity contribution in [3.05, 3.63) is 11.6 Å². The number of carbonyl (C=O) groups excluding carboxylic acids is 1. The molecule has 0 aromatic heterocycles. The lowest BCUT2D eigenvalue weighted by atomic mass is 9.81. The van der Waals surface area contributed by atoms with Crippen molar-refractivity contribution in [1.29, 1.82) is 0 Å². The second kappa shape index (κ2) is 8.59. The summed E-state index contributed by atoms with van der Waals surface area (Å²) in [5.74, 6) is 0. The number of ether oxygens (including phenoxy) is 1. The van der Waals surface area contributed by atoms with Gasteiger partial charge in [0.2, 0.25) is 0 Å². The number of carbonyl (C=O) groups is 1. The van der Waals surface area contributed by atoms with Crippen LogP contribution in [0.1, 0.15) is 68.7 Å². The van der Waals surface area contributed by atoms with E-state index in [0.717, 1.165) is 6.32 Å². The van der Waals surface area contributed by atoms with Crippen LogP contribution < -0.4 is 0 Å². The zero-order valence-electron chi connectivity index (χ0n) is 17.5. The molecule has 25 heavy (non-hydrogen) atoms. The van der Waals surface area contributed by atoms with Crippen molar-refractivity contribution in [2.24, 2.45) is 0 Å². The van der Waals surface area contributed by atoms with Crippen LogP contribution >= 0.6 is 0 Å². The highest BCUT2D eigenvalue weighted by Gasteiger charge is 2.50. The Hall–Kier alpha value is -1.01. The number of hydrogen-bond acceptors (Lipinski definition) is 4. The number of nitrogens with zero attached hydrogens (tertiary/aromatic N) is 1. The van der Waals surface area contributed by atoms with Crippen LogP contribution in [0.2, 0.25) is 6.32 Å². The Labute approximate surface area is 154 Å². The lowest BCUT2D eigenvalue weighted by Crippen LogP contribution is -2.42. The minimum absolute atomic E-state index is 0.133. The van der Waals surface area contributed by atoms with E-state index in [0.29, 0.717) is 13.0 Å². The van der Waals surface area contributed by atoms with Gasteiger partial charge in [-0.3, -0.25) is 0 Å². The first-order valence-corrected chi connectivity index (χ1v) is 9.33. The minimum atomic E-state index is -0.301. The van der Waals surface area contributed by atoms with E-state index in [4.69, 9.17) is 14.0 Å². The first-order valence-electron chi connectivity index (χ1n) is 9.33. The molecule has 0 aromatic rings. The number of allylic oxidation sites excluding steroid dienone is 1. The van der Waals surface area contributed by atoms with E-state index in [2.05, 4.69) is 40.7 Å². The maximum absolute atomic E-state index is 12.1. The van der Waals surface area contributed by atoms with Crippen molar-refractivity contribution in [2.45, 2.75) is 98.3 Å². The summed E-state index contributed by atoms with van der Waals surface area (Å²) in [5.41, 5.74) is 0.578. The van der Waals surface area contributed by atoms with E-state index in [-0.39, 0.29) is 36.5 Å². The Bertz CT molecular complexity index is 462. The third kappa shape index (κ3) is 6.03. The molecule has 0 saturated carbocycles. The van der Waals surface area contributed by atoms with E-state index in [1.807, 2.05) is 27.7 Å². The van der Waals surface area contributed by atoms with E-state index in [9.17, 15) is 4.79 Å². The van der Waals surface area contributed by atoms with Crippen molar-refractivity contribution in [3.63, 3.8) is 0 Å². The Morgan fingerprint density at radius 3 is 2.00 bits per heavy atom. The van der Waals surface area contributed by atoms with E-state index >= 15 is 0 Å². The Kier molecular flexibility index (Phi) is 7.57. The number of rotatable bonds is 7. The Morgan fingerprint density at radius 1 is 1.08 bits per heavy atom. The second-order valence-electron chi connectivity index (χ2n) is 8.44. The van der Waals surface area contributed by atoms with Crippen LogP contribution in [-0.4, -0.2) is 48.0 Å². The summed E-state index contributed by atoms with van der Waals surface area (Å²) in [5, 5.41) is 0. The smallest absolute Gasteiger partial charge is 0.449 e. The summed E-state index contributed by atoms with van der Waals surface area (Å²) in [6.45, 7) is 18.7. The van der Waals surface area contributed by atoms with Crippen LogP contribution in [0.3, 0.4) is 0 Å². The molecule has 0 radical (unpaired) electrons. The largest absolute Gasteiger partial charge is 0.462 e. The first kappa shape index (κ1) is 22.0. The molecule has 1 rings (SSSR count). The summed E-state index contributed by atoms with van der Waals surface area (Å²) >= 11 is 0. The summed E-state index contributed by atoms with van der Waals surface area (Å²) in [4.78, 5) is 13.9. The van der Waals surface area contributed by atoms with Crippen LogP contribution in [0, 0.1) is 0 Å². The molecule has 144 valence electrons. The minimum Gasteiger partial charge on any atom is -0.449 e. The molecule has 1 aliphatic heterocycles. The van der Waals surface area contributed by atoms with Crippen molar-refractivity contribution >= 4 is 13.2 Å². The summed E-state index contributed by atoms with van der Waals surface area (Å²) < 4.78 is 17.4. The lowest BCUT2D eigenvalue weighted by Gasteiger charge is -2.32. The van der Waals surface area contributed by atoms with Gasteiger partial charge in [-0.05, 0) is 68.7 Å². The van der Waals surface area contributed by atoms with Crippen molar-refractivity contribution in [2.75, 3.05) is 6.61 Å². The Balaban J connectivity index is 2.41. The van der Waals surface area contributed by atoms with Gasteiger partial charge in [0, 0.05) is 18.4 Å². The van der Waals surface area contributed by atoms with Gasteiger partial charge >= 0.3 is 13.2 Å². The molecule has 0 aliphatic carbocycles. The fraction of sp³-hybridized carbons (Fsp3) is 0.842. The molecular weight excluding hydrogens is 317 g/mol.